The standard InChI is InChI=1S/C19H20FNO3/c1-13-3-5-15(6-4-13)11-18(22)24-14(2)19(23)21-12-16-7-9-17(20)10-8-16/h3-10,14H,11-12H2,1-2H3,(H,21,23)/t14-/m0/s1. The van der Waals surface area contributed by atoms with Crippen molar-refractivity contribution in [2.75, 3.05) is 0 Å². The molecule has 0 spiro atoms. The average Bonchev–Trinajstić information content (AvgIpc) is 2.56. The van der Waals surface area contributed by atoms with Gasteiger partial charge in [-0.25, -0.2) is 4.39 Å². The molecule has 1 atom stereocenters. The molecule has 4 nitrogen and oxygen atoms in total. The fourth-order valence-electron chi connectivity index (χ4n) is 2.10. The molecule has 0 fully saturated rings. The number of hydrogen-bond acceptors (Lipinski definition) is 3. The Balaban J connectivity index is 1.78. The maximum Gasteiger partial charge on any atom is 0.311 e. The van der Waals surface area contributed by atoms with E-state index < -0.39 is 18.0 Å². The van der Waals surface area contributed by atoms with Crippen molar-refractivity contribution in [1.82, 2.24) is 5.32 Å². The van der Waals surface area contributed by atoms with Gasteiger partial charge in [0.05, 0.1) is 6.42 Å². The van der Waals surface area contributed by atoms with Gasteiger partial charge in [0.2, 0.25) is 0 Å². The van der Waals surface area contributed by atoms with E-state index in [2.05, 4.69) is 5.32 Å². The molecule has 2 aromatic carbocycles. The number of ether oxygens (including phenoxy) is 1. The Morgan fingerprint density at radius 1 is 1.04 bits per heavy atom. The highest BCUT2D eigenvalue weighted by atomic mass is 19.1. The molecule has 1 amide bonds. The maximum absolute atomic E-state index is 12.8. The molecule has 0 radical (unpaired) electrons. The topological polar surface area (TPSA) is 55.4 Å². The van der Waals surface area contributed by atoms with E-state index >= 15 is 0 Å². The second kappa shape index (κ2) is 8.24. The third kappa shape index (κ3) is 5.50. The monoisotopic (exact) mass is 329 g/mol. The highest BCUT2D eigenvalue weighted by Crippen LogP contribution is 2.06. The Hall–Kier alpha value is -2.69. The molecule has 5 heteroatoms. The predicted octanol–water partition coefficient (Wildman–Crippen LogP) is 2.92. The van der Waals surface area contributed by atoms with Crippen LogP contribution in [-0.4, -0.2) is 18.0 Å². The summed E-state index contributed by atoms with van der Waals surface area (Å²) in [5.74, 6) is -1.18. The molecule has 24 heavy (non-hydrogen) atoms. The quantitative estimate of drug-likeness (QED) is 0.829. The Morgan fingerprint density at radius 2 is 1.62 bits per heavy atom. The smallest absolute Gasteiger partial charge is 0.311 e. The van der Waals surface area contributed by atoms with E-state index in [-0.39, 0.29) is 18.8 Å². The van der Waals surface area contributed by atoms with Crippen molar-refractivity contribution >= 4 is 11.9 Å². The molecule has 0 aliphatic carbocycles. The summed E-state index contributed by atoms with van der Waals surface area (Å²) in [4.78, 5) is 23.8. The number of carbonyl (C=O) groups excluding carboxylic acids is 2. The van der Waals surface area contributed by atoms with Crippen molar-refractivity contribution in [1.29, 1.82) is 0 Å². The normalized spacial score (nSPS) is 11.6. The van der Waals surface area contributed by atoms with Crippen LogP contribution in [0.3, 0.4) is 0 Å². The number of nitrogens with one attached hydrogen (secondary N) is 1. The second-order valence-corrected chi connectivity index (χ2v) is 5.64. The van der Waals surface area contributed by atoms with E-state index in [9.17, 15) is 14.0 Å². The first-order chi connectivity index (χ1) is 11.4. The van der Waals surface area contributed by atoms with Crippen LogP contribution in [0.2, 0.25) is 0 Å². The van der Waals surface area contributed by atoms with Gasteiger partial charge in [-0.05, 0) is 37.1 Å². The van der Waals surface area contributed by atoms with E-state index in [1.165, 1.54) is 19.1 Å². The Bertz CT molecular complexity index is 696. The van der Waals surface area contributed by atoms with Gasteiger partial charge in [-0.1, -0.05) is 42.0 Å². The lowest BCUT2D eigenvalue weighted by Crippen LogP contribution is -2.35. The fraction of sp³-hybridized carbons (Fsp3) is 0.263. The van der Waals surface area contributed by atoms with Crippen LogP contribution in [0.25, 0.3) is 0 Å². The molecule has 126 valence electrons. The van der Waals surface area contributed by atoms with Crippen LogP contribution in [0.1, 0.15) is 23.6 Å². The molecule has 0 bridgehead atoms. The van der Waals surface area contributed by atoms with Crippen LogP contribution >= 0.6 is 0 Å². The van der Waals surface area contributed by atoms with Gasteiger partial charge in [0.15, 0.2) is 6.10 Å². The number of carbonyl (C=O) groups is 2. The van der Waals surface area contributed by atoms with Crippen LogP contribution in [0, 0.1) is 12.7 Å². The molecular formula is C19H20FNO3. The number of benzene rings is 2. The average molecular weight is 329 g/mol. The lowest BCUT2D eigenvalue weighted by molar-refractivity contribution is -0.154. The number of halogens is 1. The molecule has 1 N–H and O–H groups in total. The summed E-state index contributed by atoms with van der Waals surface area (Å²) in [6.07, 6.45) is -0.765. The van der Waals surface area contributed by atoms with Gasteiger partial charge in [0.1, 0.15) is 5.82 Å². The van der Waals surface area contributed by atoms with E-state index in [0.29, 0.717) is 0 Å². The summed E-state index contributed by atoms with van der Waals surface area (Å²) in [5.41, 5.74) is 2.72. The molecule has 0 aliphatic heterocycles. The summed E-state index contributed by atoms with van der Waals surface area (Å²) in [5, 5.41) is 2.66. The predicted molar refractivity (Wildman–Crippen MR) is 88.7 cm³/mol. The zero-order valence-electron chi connectivity index (χ0n) is 13.7. The molecule has 0 aliphatic rings. The van der Waals surface area contributed by atoms with Crippen LogP contribution in [0.15, 0.2) is 48.5 Å². The first kappa shape index (κ1) is 17.7. The van der Waals surface area contributed by atoms with Crippen LogP contribution in [0.5, 0.6) is 0 Å². The number of hydrogen-bond donors (Lipinski definition) is 1. The van der Waals surface area contributed by atoms with Gasteiger partial charge in [0, 0.05) is 6.54 Å². The molecule has 0 heterocycles. The molecule has 2 rings (SSSR count). The van der Waals surface area contributed by atoms with Crippen molar-refractivity contribution in [3.8, 4) is 0 Å². The van der Waals surface area contributed by atoms with Crippen molar-refractivity contribution in [2.24, 2.45) is 0 Å². The lowest BCUT2D eigenvalue weighted by Gasteiger charge is -2.13. The van der Waals surface area contributed by atoms with E-state index in [0.717, 1.165) is 16.7 Å². The second-order valence-electron chi connectivity index (χ2n) is 5.64. The minimum Gasteiger partial charge on any atom is -0.452 e. The minimum atomic E-state index is -0.886. The van der Waals surface area contributed by atoms with Crippen molar-refractivity contribution in [3.05, 3.63) is 71.0 Å². The zero-order valence-corrected chi connectivity index (χ0v) is 13.7. The molecule has 0 saturated carbocycles. The van der Waals surface area contributed by atoms with Gasteiger partial charge in [-0.2, -0.15) is 0 Å². The zero-order chi connectivity index (χ0) is 17.5. The van der Waals surface area contributed by atoms with Gasteiger partial charge >= 0.3 is 5.97 Å². The van der Waals surface area contributed by atoms with Crippen LogP contribution < -0.4 is 5.32 Å². The van der Waals surface area contributed by atoms with Gasteiger partial charge in [0.25, 0.3) is 5.91 Å². The van der Waals surface area contributed by atoms with E-state index in [1.807, 2.05) is 31.2 Å². The Kier molecular flexibility index (Phi) is 6.07. The molecule has 0 unspecified atom stereocenters. The first-order valence-corrected chi connectivity index (χ1v) is 7.71. The minimum absolute atomic E-state index is 0.121. The third-order valence-electron chi connectivity index (χ3n) is 3.53. The Morgan fingerprint density at radius 3 is 2.25 bits per heavy atom. The van der Waals surface area contributed by atoms with Crippen molar-refractivity contribution < 1.29 is 18.7 Å². The fourth-order valence-corrected chi connectivity index (χ4v) is 2.10. The molecule has 2 aromatic rings. The van der Waals surface area contributed by atoms with Gasteiger partial charge in [-0.15, -0.1) is 0 Å². The molecular weight excluding hydrogens is 309 g/mol. The largest absolute Gasteiger partial charge is 0.452 e. The van der Waals surface area contributed by atoms with Crippen LogP contribution in [-0.2, 0) is 27.3 Å². The summed E-state index contributed by atoms with van der Waals surface area (Å²) < 4.78 is 18.0. The summed E-state index contributed by atoms with van der Waals surface area (Å²) in [7, 11) is 0. The van der Waals surface area contributed by atoms with E-state index in [1.54, 1.807) is 12.1 Å². The summed E-state index contributed by atoms with van der Waals surface area (Å²) in [6.45, 7) is 3.74. The SMILES string of the molecule is Cc1ccc(CC(=O)O[C@@H](C)C(=O)NCc2ccc(F)cc2)cc1. The summed E-state index contributed by atoms with van der Waals surface area (Å²) in [6, 6.07) is 13.4. The van der Waals surface area contributed by atoms with Crippen LogP contribution in [0.4, 0.5) is 4.39 Å². The lowest BCUT2D eigenvalue weighted by atomic mass is 10.1. The van der Waals surface area contributed by atoms with Crippen molar-refractivity contribution in [2.45, 2.75) is 32.9 Å². The molecule has 0 saturated heterocycles. The highest BCUT2D eigenvalue weighted by Gasteiger charge is 2.17. The van der Waals surface area contributed by atoms with Crippen molar-refractivity contribution in [3.63, 3.8) is 0 Å². The molecule has 0 aromatic heterocycles. The third-order valence-corrected chi connectivity index (χ3v) is 3.53. The number of rotatable bonds is 6. The summed E-state index contributed by atoms with van der Waals surface area (Å²) >= 11 is 0. The van der Waals surface area contributed by atoms with Gasteiger partial charge < -0.3 is 10.1 Å². The Labute approximate surface area is 140 Å². The number of amides is 1. The maximum atomic E-state index is 12.8. The number of esters is 1. The highest BCUT2D eigenvalue weighted by molar-refractivity contribution is 5.83. The van der Waals surface area contributed by atoms with Gasteiger partial charge in [-0.3, -0.25) is 9.59 Å². The number of aryl methyl sites for hydroxylation is 1. The first-order valence-electron chi connectivity index (χ1n) is 7.71. The van der Waals surface area contributed by atoms with E-state index in [4.69, 9.17) is 4.74 Å².